The molecule has 194 valence electrons. The van der Waals surface area contributed by atoms with Crippen molar-refractivity contribution in [2.45, 2.75) is 65.3 Å². The smallest absolute Gasteiger partial charge is 0.240 e. The SMILES string of the molecule is Cc1nc(NC(=O)CN2CCCCOC[C@@H](O)[C@H](O)[C@@H](O)CN(C(=O)CC(C)C)CC2)sc1C. The molecule has 0 bridgehead atoms. The minimum Gasteiger partial charge on any atom is -0.388 e. The van der Waals surface area contributed by atoms with E-state index in [4.69, 9.17) is 4.74 Å². The molecule has 2 heterocycles. The Morgan fingerprint density at radius 3 is 2.53 bits per heavy atom. The number of ether oxygens (including phenoxy) is 1. The Morgan fingerprint density at radius 1 is 1.15 bits per heavy atom. The van der Waals surface area contributed by atoms with Gasteiger partial charge in [-0.1, -0.05) is 13.8 Å². The largest absolute Gasteiger partial charge is 0.388 e. The van der Waals surface area contributed by atoms with Gasteiger partial charge in [0, 0.05) is 37.5 Å². The van der Waals surface area contributed by atoms with Crippen molar-refractivity contribution in [2.24, 2.45) is 5.92 Å². The van der Waals surface area contributed by atoms with Crippen LogP contribution in [0.5, 0.6) is 0 Å². The first kappa shape index (κ1) is 28.6. The van der Waals surface area contributed by atoms with Crippen molar-refractivity contribution in [3.8, 4) is 0 Å². The van der Waals surface area contributed by atoms with Gasteiger partial charge in [-0.3, -0.25) is 14.5 Å². The van der Waals surface area contributed by atoms with E-state index in [9.17, 15) is 24.9 Å². The standard InChI is InChI=1S/C23H40N4O6S/c1-15(2)11-21(31)27-9-8-26(13-20(30)25-23-24-16(3)17(4)34-23)7-5-6-10-33-14-19(29)22(32)18(28)12-27/h15,18-19,22,28-29,32H,5-14H2,1-4H3,(H,24,25,30)/t18-,19+,22+/m0/s1. The normalized spacial score (nSPS) is 24.1. The molecular weight excluding hydrogens is 460 g/mol. The maximum Gasteiger partial charge on any atom is 0.240 e. The van der Waals surface area contributed by atoms with Gasteiger partial charge in [-0.15, -0.1) is 11.3 Å². The molecule has 1 aromatic rings. The summed E-state index contributed by atoms with van der Waals surface area (Å²) < 4.78 is 5.44. The van der Waals surface area contributed by atoms with Crippen LogP contribution in [-0.4, -0.2) is 106 Å². The van der Waals surface area contributed by atoms with Crippen LogP contribution in [0.4, 0.5) is 5.13 Å². The zero-order valence-corrected chi connectivity index (χ0v) is 21.5. The Bertz CT molecular complexity index is 770. The molecule has 1 aromatic heterocycles. The second-order valence-corrected chi connectivity index (χ2v) is 10.5. The molecule has 4 N–H and O–H groups in total. The lowest BCUT2D eigenvalue weighted by Crippen LogP contribution is -2.50. The molecule has 1 aliphatic heterocycles. The van der Waals surface area contributed by atoms with E-state index in [1.165, 1.54) is 16.2 Å². The van der Waals surface area contributed by atoms with Crippen molar-refractivity contribution in [1.82, 2.24) is 14.8 Å². The third-order valence-corrected chi connectivity index (χ3v) is 6.75. The number of aromatic nitrogens is 1. The summed E-state index contributed by atoms with van der Waals surface area (Å²) in [6.45, 7) is 9.43. The fourth-order valence-electron chi connectivity index (χ4n) is 3.65. The summed E-state index contributed by atoms with van der Waals surface area (Å²) in [6, 6.07) is 0. The number of hydrogen-bond donors (Lipinski definition) is 4. The number of thiazole rings is 1. The molecule has 0 spiro atoms. The van der Waals surface area contributed by atoms with Crippen molar-refractivity contribution in [2.75, 3.05) is 51.3 Å². The van der Waals surface area contributed by atoms with E-state index in [1.807, 2.05) is 32.6 Å². The first-order chi connectivity index (χ1) is 16.1. The highest BCUT2D eigenvalue weighted by molar-refractivity contribution is 7.15. The number of rotatable bonds is 5. The molecule has 2 rings (SSSR count). The summed E-state index contributed by atoms with van der Waals surface area (Å²) >= 11 is 1.44. The van der Waals surface area contributed by atoms with Gasteiger partial charge in [0.05, 0.1) is 18.8 Å². The Hall–Kier alpha value is -1.63. The Labute approximate surface area is 205 Å². The van der Waals surface area contributed by atoms with Gasteiger partial charge in [-0.2, -0.15) is 0 Å². The minimum atomic E-state index is -1.43. The van der Waals surface area contributed by atoms with Gasteiger partial charge < -0.3 is 30.3 Å². The van der Waals surface area contributed by atoms with Gasteiger partial charge in [0.2, 0.25) is 11.8 Å². The quantitative estimate of drug-likeness (QED) is 0.466. The molecule has 0 saturated carbocycles. The number of hydrogen-bond acceptors (Lipinski definition) is 9. The van der Waals surface area contributed by atoms with Gasteiger partial charge in [0.25, 0.3) is 0 Å². The van der Waals surface area contributed by atoms with Crippen molar-refractivity contribution in [1.29, 1.82) is 0 Å². The van der Waals surface area contributed by atoms with E-state index in [1.54, 1.807) is 0 Å². The number of anilines is 1. The molecule has 1 fully saturated rings. The van der Waals surface area contributed by atoms with Crippen LogP contribution in [0.1, 0.15) is 43.7 Å². The second-order valence-electron chi connectivity index (χ2n) is 9.33. The number of amides is 2. The van der Waals surface area contributed by atoms with Crippen LogP contribution in [0.25, 0.3) is 0 Å². The van der Waals surface area contributed by atoms with Gasteiger partial charge >= 0.3 is 0 Å². The lowest BCUT2D eigenvalue weighted by atomic mass is 10.1. The van der Waals surface area contributed by atoms with E-state index in [0.29, 0.717) is 44.2 Å². The van der Waals surface area contributed by atoms with Gasteiger partial charge in [-0.25, -0.2) is 4.98 Å². The number of aliphatic hydroxyl groups is 3. The lowest BCUT2D eigenvalue weighted by Gasteiger charge is -2.32. The zero-order chi connectivity index (χ0) is 25.3. The van der Waals surface area contributed by atoms with Crippen LogP contribution in [-0.2, 0) is 14.3 Å². The van der Waals surface area contributed by atoms with E-state index in [2.05, 4.69) is 10.3 Å². The minimum absolute atomic E-state index is 0.100. The maximum absolute atomic E-state index is 12.8. The number of nitrogens with one attached hydrogen (secondary N) is 1. The monoisotopic (exact) mass is 500 g/mol. The first-order valence-corrected chi connectivity index (χ1v) is 12.7. The van der Waals surface area contributed by atoms with Crippen molar-refractivity contribution in [3.63, 3.8) is 0 Å². The van der Waals surface area contributed by atoms with E-state index < -0.39 is 18.3 Å². The van der Waals surface area contributed by atoms with E-state index in [-0.39, 0.29) is 37.4 Å². The maximum atomic E-state index is 12.8. The number of nitrogens with zero attached hydrogens (tertiary/aromatic N) is 3. The van der Waals surface area contributed by atoms with Crippen LogP contribution < -0.4 is 5.32 Å². The number of β-amino-alcohol motifs (C(OH)–C–C–N with tert-alkyl or cyclic N) is 1. The summed E-state index contributed by atoms with van der Waals surface area (Å²) in [5.41, 5.74) is 0.892. The molecule has 2 amide bonds. The number of aryl methyl sites for hydroxylation is 2. The van der Waals surface area contributed by atoms with Gasteiger partial charge in [-0.05, 0) is 39.2 Å². The highest BCUT2D eigenvalue weighted by atomic mass is 32.1. The molecule has 34 heavy (non-hydrogen) atoms. The lowest BCUT2D eigenvalue weighted by molar-refractivity contribution is -0.137. The van der Waals surface area contributed by atoms with Crippen molar-refractivity contribution in [3.05, 3.63) is 10.6 Å². The number of carbonyl (C=O) groups is 2. The molecule has 1 aliphatic rings. The predicted octanol–water partition coefficient (Wildman–Crippen LogP) is 0.768. The highest BCUT2D eigenvalue weighted by Gasteiger charge is 2.29. The average molecular weight is 501 g/mol. The average Bonchev–Trinajstić information content (AvgIpc) is 3.07. The fourth-order valence-corrected chi connectivity index (χ4v) is 4.48. The fraction of sp³-hybridized carbons (Fsp3) is 0.783. The Morgan fingerprint density at radius 2 is 1.88 bits per heavy atom. The number of carbonyl (C=O) groups excluding carboxylic acids is 2. The molecule has 10 nitrogen and oxygen atoms in total. The molecule has 0 radical (unpaired) electrons. The molecule has 0 aromatic carbocycles. The molecule has 11 heteroatoms. The molecule has 1 saturated heterocycles. The van der Waals surface area contributed by atoms with Crippen LogP contribution in [0.3, 0.4) is 0 Å². The second kappa shape index (κ2) is 14.1. The third-order valence-electron chi connectivity index (χ3n) is 5.76. The van der Waals surface area contributed by atoms with Crippen LogP contribution in [0.15, 0.2) is 0 Å². The molecule has 0 unspecified atom stereocenters. The van der Waals surface area contributed by atoms with E-state index in [0.717, 1.165) is 17.0 Å². The van der Waals surface area contributed by atoms with Crippen LogP contribution in [0, 0.1) is 19.8 Å². The summed E-state index contributed by atoms with van der Waals surface area (Å²) in [4.78, 5) is 34.4. The highest BCUT2D eigenvalue weighted by Crippen LogP contribution is 2.21. The van der Waals surface area contributed by atoms with E-state index >= 15 is 0 Å². The summed E-state index contributed by atoms with van der Waals surface area (Å²) in [6.07, 6.45) is -2.19. The summed E-state index contributed by atoms with van der Waals surface area (Å²) in [5.74, 6) is -0.185. The topological polar surface area (TPSA) is 135 Å². The number of aliphatic hydroxyl groups excluding tert-OH is 3. The molecule has 3 atom stereocenters. The first-order valence-electron chi connectivity index (χ1n) is 11.9. The Kier molecular flexibility index (Phi) is 11.8. The zero-order valence-electron chi connectivity index (χ0n) is 20.7. The summed E-state index contributed by atoms with van der Waals surface area (Å²) in [5, 5.41) is 34.3. The van der Waals surface area contributed by atoms with Gasteiger partial charge in [0.1, 0.15) is 18.3 Å². The van der Waals surface area contributed by atoms with Crippen LogP contribution in [0.2, 0.25) is 0 Å². The van der Waals surface area contributed by atoms with Crippen molar-refractivity contribution >= 4 is 28.3 Å². The molecule has 0 aliphatic carbocycles. The van der Waals surface area contributed by atoms with Crippen LogP contribution >= 0.6 is 11.3 Å². The van der Waals surface area contributed by atoms with Gasteiger partial charge in [0.15, 0.2) is 5.13 Å². The summed E-state index contributed by atoms with van der Waals surface area (Å²) in [7, 11) is 0. The molecular formula is C23H40N4O6S. The van der Waals surface area contributed by atoms with Crippen molar-refractivity contribution < 1.29 is 29.6 Å². The Balaban J connectivity index is 2.09. The third kappa shape index (κ3) is 9.55. The predicted molar refractivity (Wildman–Crippen MR) is 131 cm³/mol.